The van der Waals surface area contributed by atoms with Crippen molar-refractivity contribution in [2.75, 3.05) is 0 Å². The van der Waals surface area contributed by atoms with Gasteiger partial charge in [0.1, 0.15) is 11.5 Å². The second kappa shape index (κ2) is 3.37. The van der Waals surface area contributed by atoms with Crippen LogP contribution in [0.3, 0.4) is 0 Å². The third-order valence-corrected chi connectivity index (χ3v) is 1.73. The lowest BCUT2D eigenvalue weighted by molar-refractivity contribution is 0.112. The monoisotopic (exact) mass is 189 g/mol. The molecule has 0 radical (unpaired) electrons. The van der Waals surface area contributed by atoms with Crippen molar-refractivity contribution in [1.29, 1.82) is 0 Å². The first-order valence-electron chi connectivity index (χ1n) is 4.01. The lowest BCUT2D eigenvalue weighted by Gasteiger charge is -1.96. The van der Waals surface area contributed by atoms with Gasteiger partial charge in [0.2, 0.25) is 0 Å². The Bertz CT molecular complexity index is 465. The number of hydrogen-bond donors (Lipinski definition) is 0. The predicted octanol–water partition coefficient (Wildman–Crippen LogP) is 1.25. The van der Waals surface area contributed by atoms with Gasteiger partial charge in [0.25, 0.3) is 0 Å². The molecule has 70 valence electrons. The largest absolute Gasteiger partial charge is 0.354 e. The fourth-order valence-corrected chi connectivity index (χ4v) is 1.11. The summed E-state index contributed by atoms with van der Waals surface area (Å²) in [6.45, 7) is 1.76. The number of nitrogens with zero attached hydrogens (tertiary/aromatic N) is 3. The lowest BCUT2D eigenvalue weighted by atomic mass is 10.2. The summed E-state index contributed by atoms with van der Waals surface area (Å²) in [4.78, 5) is 18.7. The zero-order chi connectivity index (χ0) is 9.97. The van der Waals surface area contributed by atoms with Crippen LogP contribution in [0.5, 0.6) is 0 Å². The Hall–Kier alpha value is -2.04. The van der Waals surface area contributed by atoms with Crippen molar-refractivity contribution >= 4 is 6.29 Å². The van der Waals surface area contributed by atoms with Crippen molar-refractivity contribution in [3.63, 3.8) is 0 Å². The normalized spacial score (nSPS) is 10.1. The van der Waals surface area contributed by atoms with E-state index in [1.165, 1.54) is 6.20 Å². The summed E-state index contributed by atoms with van der Waals surface area (Å²) in [6.07, 6.45) is 3.65. The van der Waals surface area contributed by atoms with E-state index in [9.17, 15) is 4.79 Å². The second-order valence-corrected chi connectivity index (χ2v) is 2.72. The van der Waals surface area contributed by atoms with E-state index in [0.29, 0.717) is 29.1 Å². The highest BCUT2D eigenvalue weighted by Crippen LogP contribution is 2.19. The van der Waals surface area contributed by atoms with Gasteiger partial charge < -0.3 is 4.52 Å². The summed E-state index contributed by atoms with van der Waals surface area (Å²) in [7, 11) is 0. The topological polar surface area (TPSA) is 68.9 Å². The van der Waals surface area contributed by atoms with Gasteiger partial charge in [-0.3, -0.25) is 4.79 Å². The molecule has 0 spiro atoms. The lowest BCUT2D eigenvalue weighted by Crippen LogP contribution is -1.90. The van der Waals surface area contributed by atoms with Gasteiger partial charge in [0.15, 0.2) is 12.0 Å². The van der Waals surface area contributed by atoms with Crippen LogP contribution in [-0.4, -0.2) is 21.4 Å². The number of aldehydes is 1. The van der Waals surface area contributed by atoms with E-state index in [2.05, 4.69) is 15.1 Å². The Labute approximate surface area is 79.8 Å². The van der Waals surface area contributed by atoms with Crippen LogP contribution in [0.2, 0.25) is 0 Å². The van der Waals surface area contributed by atoms with E-state index in [4.69, 9.17) is 4.52 Å². The van der Waals surface area contributed by atoms with Crippen molar-refractivity contribution in [2.45, 2.75) is 6.92 Å². The van der Waals surface area contributed by atoms with Crippen LogP contribution in [0.1, 0.15) is 16.2 Å². The van der Waals surface area contributed by atoms with Crippen molar-refractivity contribution in [2.24, 2.45) is 0 Å². The predicted molar refractivity (Wildman–Crippen MR) is 47.7 cm³/mol. The Balaban J connectivity index is 2.54. The van der Waals surface area contributed by atoms with Gasteiger partial charge in [-0.15, -0.1) is 0 Å². The third kappa shape index (κ3) is 1.39. The maximum Gasteiger partial charge on any atom is 0.195 e. The van der Waals surface area contributed by atoms with Crippen LogP contribution in [0.25, 0.3) is 11.5 Å². The molecule has 0 atom stereocenters. The SMILES string of the molecule is Cc1nccc(-c2oncc2C=O)n1. The highest BCUT2D eigenvalue weighted by molar-refractivity contribution is 5.83. The number of aryl methyl sites for hydroxylation is 1. The molecule has 0 amide bonds. The van der Waals surface area contributed by atoms with Gasteiger partial charge in [-0.2, -0.15) is 0 Å². The summed E-state index contributed by atoms with van der Waals surface area (Å²) in [5.41, 5.74) is 0.959. The van der Waals surface area contributed by atoms with Gasteiger partial charge in [0, 0.05) is 6.20 Å². The minimum absolute atomic E-state index is 0.380. The average Bonchev–Trinajstić information content (AvgIpc) is 2.65. The average molecular weight is 189 g/mol. The summed E-state index contributed by atoms with van der Waals surface area (Å²) in [5, 5.41) is 3.53. The summed E-state index contributed by atoms with van der Waals surface area (Å²) < 4.78 is 4.93. The molecule has 5 heteroatoms. The van der Waals surface area contributed by atoms with E-state index in [1.54, 1.807) is 19.2 Å². The molecule has 0 N–H and O–H groups in total. The molecular formula is C9H7N3O2. The van der Waals surface area contributed by atoms with Crippen LogP contribution in [-0.2, 0) is 0 Å². The van der Waals surface area contributed by atoms with Crippen LogP contribution >= 0.6 is 0 Å². The summed E-state index contributed by atoms with van der Waals surface area (Å²) in [5.74, 6) is 1.00. The molecule has 0 aromatic carbocycles. The zero-order valence-electron chi connectivity index (χ0n) is 7.47. The van der Waals surface area contributed by atoms with Gasteiger partial charge in [0.05, 0.1) is 11.8 Å². The Morgan fingerprint density at radius 3 is 3.07 bits per heavy atom. The standard InChI is InChI=1S/C9H7N3O2/c1-6-10-3-2-8(12-6)9-7(5-13)4-11-14-9/h2-5H,1H3. The molecule has 2 rings (SSSR count). The van der Waals surface area contributed by atoms with Gasteiger partial charge in [-0.1, -0.05) is 5.16 Å². The van der Waals surface area contributed by atoms with Crippen molar-refractivity contribution in [1.82, 2.24) is 15.1 Å². The molecule has 0 aliphatic heterocycles. The number of carbonyl (C=O) groups excluding carboxylic acids is 1. The summed E-state index contributed by atoms with van der Waals surface area (Å²) in [6, 6.07) is 1.67. The van der Waals surface area contributed by atoms with Crippen LogP contribution in [0, 0.1) is 6.92 Å². The smallest absolute Gasteiger partial charge is 0.195 e. The van der Waals surface area contributed by atoms with E-state index in [1.807, 2.05) is 0 Å². The van der Waals surface area contributed by atoms with E-state index >= 15 is 0 Å². The van der Waals surface area contributed by atoms with Crippen molar-refractivity contribution in [3.8, 4) is 11.5 Å². The molecule has 14 heavy (non-hydrogen) atoms. The Kier molecular flexibility index (Phi) is 2.06. The van der Waals surface area contributed by atoms with Gasteiger partial charge >= 0.3 is 0 Å². The molecule has 0 saturated carbocycles. The highest BCUT2D eigenvalue weighted by Gasteiger charge is 2.11. The molecule has 0 saturated heterocycles. The van der Waals surface area contributed by atoms with Crippen LogP contribution in [0.15, 0.2) is 23.0 Å². The molecule has 5 nitrogen and oxygen atoms in total. The van der Waals surface area contributed by atoms with Gasteiger partial charge in [-0.05, 0) is 13.0 Å². The van der Waals surface area contributed by atoms with Gasteiger partial charge in [-0.25, -0.2) is 9.97 Å². The second-order valence-electron chi connectivity index (χ2n) is 2.72. The molecule has 2 aromatic rings. The number of hydrogen-bond acceptors (Lipinski definition) is 5. The third-order valence-electron chi connectivity index (χ3n) is 1.73. The van der Waals surface area contributed by atoms with Crippen molar-refractivity contribution in [3.05, 3.63) is 29.8 Å². The van der Waals surface area contributed by atoms with Crippen molar-refractivity contribution < 1.29 is 9.32 Å². The molecule has 0 aliphatic carbocycles. The molecule has 0 bridgehead atoms. The number of aromatic nitrogens is 3. The fraction of sp³-hybridized carbons (Fsp3) is 0.111. The zero-order valence-corrected chi connectivity index (χ0v) is 7.47. The summed E-state index contributed by atoms with van der Waals surface area (Å²) >= 11 is 0. The molecule has 0 fully saturated rings. The molecular weight excluding hydrogens is 182 g/mol. The van der Waals surface area contributed by atoms with Crippen LogP contribution < -0.4 is 0 Å². The van der Waals surface area contributed by atoms with E-state index in [0.717, 1.165) is 0 Å². The quantitative estimate of drug-likeness (QED) is 0.665. The Morgan fingerprint density at radius 2 is 2.36 bits per heavy atom. The maximum atomic E-state index is 10.6. The first-order valence-corrected chi connectivity index (χ1v) is 4.01. The highest BCUT2D eigenvalue weighted by atomic mass is 16.5. The number of carbonyl (C=O) groups is 1. The molecule has 0 unspecified atom stereocenters. The number of rotatable bonds is 2. The molecule has 0 aliphatic rings. The van der Waals surface area contributed by atoms with E-state index in [-0.39, 0.29) is 0 Å². The first kappa shape index (κ1) is 8.55. The minimum atomic E-state index is 0.380. The van der Waals surface area contributed by atoms with E-state index < -0.39 is 0 Å². The molecule has 2 heterocycles. The first-order chi connectivity index (χ1) is 6.81. The maximum absolute atomic E-state index is 10.6. The minimum Gasteiger partial charge on any atom is -0.354 e. The van der Waals surface area contributed by atoms with Crippen LogP contribution in [0.4, 0.5) is 0 Å². The Morgan fingerprint density at radius 1 is 1.50 bits per heavy atom. The molecule has 2 aromatic heterocycles. The fourth-order valence-electron chi connectivity index (χ4n) is 1.11.